The zero-order valence-corrected chi connectivity index (χ0v) is 22.1. The van der Waals surface area contributed by atoms with E-state index in [9.17, 15) is 4.79 Å². The Balaban J connectivity index is 1.48. The van der Waals surface area contributed by atoms with Gasteiger partial charge < -0.3 is 14.5 Å². The number of amides is 1. The number of nitrogens with zero attached hydrogens (tertiary/aromatic N) is 4. The fourth-order valence-corrected chi connectivity index (χ4v) is 6.54. The largest absolute Gasteiger partial charge is 0.370 e. The van der Waals surface area contributed by atoms with Gasteiger partial charge in [-0.3, -0.25) is 9.89 Å². The Labute approximate surface area is 216 Å². The molecule has 3 aliphatic heterocycles. The van der Waals surface area contributed by atoms with Crippen LogP contribution in [-0.2, 0) is 22.6 Å². The molecular weight excluding hydrogens is 474 g/mol. The Morgan fingerprint density at radius 3 is 2.75 bits per heavy atom. The summed E-state index contributed by atoms with van der Waals surface area (Å²) in [6, 6.07) is 1.95. The molecule has 1 spiro atoms. The molecule has 1 amide bonds. The van der Waals surface area contributed by atoms with E-state index < -0.39 is 0 Å². The number of aromatic nitrogens is 3. The Hall–Kier alpha value is -2.90. The van der Waals surface area contributed by atoms with E-state index >= 15 is 0 Å². The van der Waals surface area contributed by atoms with Gasteiger partial charge in [-0.15, -0.1) is 0 Å². The van der Waals surface area contributed by atoms with Crippen LogP contribution in [0.5, 0.6) is 0 Å². The number of hydrogen-bond acceptors (Lipinski definition) is 5. The summed E-state index contributed by atoms with van der Waals surface area (Å²) in [5.41, 5.74) is 7.46. The van der Waals surface area contributed by atoms with Crippen molar-refractivity contribution in [3.63, 3.8) is 0 Å². The molecule has 36 heavy (non-hydrogen) atoms. The monoisotopic (exact) mass is 505 g/mol. The lowest BCUT2D eigenvalue weighted by molar-refractivity contribution is -0.136. The molecule has 0 aliphatic carbocycles. The predicted molar refractivity (Wildman–Crippen MR) is 142 cm³/mol. The van der Waals surface area contributed by atoms with Crippen LogP contribution in [0.25, 0.3) is 22.0 Å². The number of nitrogens with one attached hydrogen (secondary N) is 1. The first kappa shape index (κ1) is 23.5. The van der Waals surface area contributed by atoms with E-state index in [1.165, 1.54) is 6.08 Å². The smallest absolute Gasteiger partial charge is 0.245 e. The summed E-state index contributed by atoms with van der Waals surface area (Å²) in [4.78, 5) is 21.7. The molecule has 3 aromatic rings. The van der Waals surface area contributed by atoms with Crippen molar-refractivity contribution < 1.29 is 9.53 Å². The van der Waals surface area contributed by atoms with Crippen molar-refractivity contribution in [1.29, 1.82) is 0 Å². The topological polar surface area (TPSA) is 74.4 Å². The number of pyridine rings is 1. The van der Waals surface area contributed by atoms with Gasteiger partial charge in [-0.25, -0.2) is 4.98 Å². The van der Waals surface area contributed by atoms with Crippen LogP contribution in [0, 0.1) is 19.3 Å². The summed E-state index contributed by atoms with van der Waals surface area (Å²) in [7, 11) is 0. The molecule has 6 rings (SSSR count). The van der Waals surface area contributed by atoms with E-state index in [1.807, 2.05) is 17.2 Å². The number of halogens is 1. The Morgan fingerprint density at radius 2 is 2.00 bits per heavy atom. The highest BCUT2D eigenvalue weighted by Crippen LogP contribution is 2.47. The third kappa shape index (κ3) is 3.55. The van der Waals surface area contributed by atoms with E-state index in [0.29, 0.717) is 11.6 Å². The van der Waals surface area contributed by atoms with Gasteiger partial charge >= 0.3 is 0 Å². The summed E-state index contributed by atoms with van der Waals surface area (Å²) >= 11 is 6.72. The predicted octanol–water partition coefficient (Wildman–Crippen LogP) is 4.97. The van der Waals surface area contributed by atoms with Crippen molar-refractivity contribution in [3.05, 3.63) is 52.3 Å². The number of aromatic amines is 1. The highest BCUT2D eigenvalue weighted by Gasteiger charge is 2.49. The molecule has 188 valence electrons. The van der Waals surface area contributed by atoms with Gasteiger partial charge in [-0.1, -0.05) is 18.2 Å². The van der Waals surface area contributed by atoms with Crippen molar-refractivity contribution in [2.45, 2.75) is 52.7 Å². The highest BCUT2D eigenvalue weighted by molar-refractivity contribution is 6.33. The maximum absolute atomic E-state index is 12.1. The summed E-state index contributed by atoms with van der Waals surface area (Å²) in [5, 5.41) is 9.18. The first-order valence-electron chi connectivity index (χ1n) is 12.6. The quantitative estimate of drug-likeness (QED) is 0.509. The maximum atomic E-state index is 12.1. The second kappa shape index (κ2) is 8.05. The van der Waals surface area contributed by atoms with Crippen LogP contribution < -0.4 is 4.90 Å². The van der Waals surface area contributed by atoms with E-state index in [-0.39, 0.29) is 16.9 Å². The number of carbonyl (C=O) groups excluding carboxylic acids is 1. The number of carbonyl (C=O) groups is 1. The Bertz CT molecular complexity index is 1420. The minimum Gasteiger partial charge on any atom is -0.370 e. The molecule has 7 nitrogen and oxygen atoms in total. The van der Waals surface area contributed by atoms with Gasteiger partial charge in [0, 0.05) is 54.0 Å². The van der Waals surface area contributed by atoms with Crippen LogP contribution in [0.2, 0.25) is 5.02 Å². The highest BCUT2D eigenvalue weighted by atomic mass is 35.5. The number of hydrogen-bond donors (Lipinski definition) is 1. The molecule has 0 saturated carbocycles. The number of H-pyrrole nitrogens is 1. The molecule has 1 aromatic carbocycles. The van der Waals surface area contributed by atoms with Crippen LogP contribution >= 0.6 is 11.6 Å². The lowest BCUT2D eigenvalue weighted by Gasteiger charge is -2.47. The normalized spacial score (nSPS) is 20.0. The summed E-state index contributed by atoms with van der Waals surface area (Å²) < 4.78 is 6.29. The van der Waals surface area contributed by atoms with Crippen molar-refractivity contribution >= 4 is 34.2 Å². The molecule has 2 aromatic heterocycles. The first-order valence-corrected chi connectivity index (χ1v) is 12.9. The summed E-state index contributed by atoms with van der Waals surface area (Å²) in [6.07, 6.45) is 5.10. The Kier molecular flexibility index (Phi) is 5.25. The summed E-state index contributed by atoms with van der Waals surface area (Å²) in [6.45, 7) is 16.0. The van der Waals surface area contributed by atoms with Crippen LogP contribution in [-0.4, -0.2) is 57.8 Å². The maximum Gasteiger partial charge on any atom is 0.245 e. The number of likely N-dealkylation sites (tertiary alicyclic amines) is 1. The molecule has 8 heteroatoms. The third-order valence-electron chi connectivity index (χ3n) is 8.27. The number of fused-ring (bicyclic) bond motifs is 2. The zero-order chi connectivity index (χ0) is 25.4. The molecule has 2 saturated heterocycles. The van der Waals surface area contributed by atoms with Crippen molar-refractivity contribution in [2.24, 2.45) is 5.41 Å². The second-order valence-corrected chi connectivity index (χ2v) is 11.8. The average Bonchev–Trinajstić information content (AvgIpc) is 3.46. The van der Waals surface area contributed by atoms with Gasteiger partial charge in [0.25, 0.3) is 0 Å². The minimum atomic E-state index is -0.274. The molecule has 0 bridgehead atoms. The van der Waals surface area contributed by atoms with E-state index in [1.54, 1.807) is 0 Å². The average molecular weight is 506 g/mol. The minimum absolute atomic E-state index is 0.0206. The van der Waals surface area contributed by atoms with Gasteiger partial charge in [-0.2, -0.15) is 5.10 Å². The molecule has 3 aliphatic rings. The van der Waals surface area contributed by atoms with E-state index in [0.717, 1.165) is 89.3 Å². The zero-order valence-electron chi connectivity index (χ0n) is 21.4. The fraction of sp³-hybridized carbons (Fsp3) is 0.464. The first-order chi connectivity index (χ1) is 17.1. The lowest BCUT2D eigenvalue weighted by Crippen LogP contribution is -2.59. The fourth-order valence-electron chi connectivity index (χ4n) is 6.34. The van der Waals surface area contributed by atoms with Gasteiger partial charge in [0.15, 0.2) is 0 Å². The second-order valence-electron chi connectivity index (χ2n) is 11.3. The molecule has 1 N–H and O–H groups in total. The van der Waals surface area contributed by atoms with Crippen LogP contribution in [0.1, 0.15) is 42.7 Å². The molecule has 0 atom stereocenters. The number of anilines is 1. The van der Waals surface area contributed by atoms with Crippen molar-refractivity contribution in [3.8, 4) is 11.1 Å². The van der Waals surface area contributed by atoms with Gasteiger partial charge in [-0.05, 0) is 68.5 Å². The van der Waals surface area contributed by atoms with Crippen molar-refractivity contribution in [2.75, 3.05) is 31.1 Å². The molecule has 2 fully saturated rings. The van der Waals surface area contributed by atoms with Crippen LogP contribution in [0.4, 0.5) is 5.82 Å². The van der Waals surface area contributed by atoms with Crippen LogP contribution in [0.15, 0.2) is 24.9 Å². The third-order valence-corrected chi connectivity index (χ3v) is 8.66. The van der Waals surface area contributed by atoms with Gasteiger partial charge in [0.05, 0.1) is 29.6 Å². The van der Waals surface area contributed by atoms with E-state index in [2.05, 4.69) is 49.4 Å². The van der Waals surface area contributed by atoms with Gasteiger partial charge in [0.2, 0.25) is 5.91 Å². The van der Waals surface area contributed by atoms with Crippen LogP contribution in [0.3, 0.4) is 0 Å². The number of rotatable bonds is 3. The molecule has 0 unspecified atom stereocenters. The summed E-state index contributed by atoms with van der Waals surface area (Å²) in [5.74, 6) is 1.05. The molecule has 0 radical (unpaired) electrons. The van der Waals surface area contributed by atoms with E-state index in [4.69, 9.17) is 21.3 Å². The lowest BCUT2D eigenvalue weighted by atomic mass is 9.79. The standard InChI is InChI=1S/C28H32ClN5O2/c1-6-23(35)34-14-28(15-34)7-8-33(13-28)26-17(3)25(19-12-36-27(4,5)10-22(19)31-26)24-16(2)20(29)9-21-18(24)11-30-32-21/h6,9,11H,1,7-8,10,12-15H2,2-5H3,(H,30,32). The van der Waals surface area contributed by atoms with Gasteiger partial charge in [0.1, 0.15) is 5.82 Å². The number of ether oxygens (including phenoxy) is 1. The SMILES string of the molecule is C=CC(=O)N1CC2(CCN(c3nc4c(c(-c5c(C)c(Cl)cc6[nH]ncc56)c3C)COC(C)(C)C4)C2)C1. The number of benzene rings is 1. The Morgan fingerprint density at radius 1 is 1.22 bits per heavy atom. The molecule has 5 heterocycles. The molecular formula is C28H32ClN5O2. The van der Waals surface area contributed by atoms with Crippen molar-refractivity contribution in [1.82, 2.24) is 20.1 Å².